The lowest BCUT2D eigenvalue weighted by molar-refractivity contribution is 0.0580. The van der Waals surface area contributed by atoms with Crippen LogP contribution in [0.3, 0.4) is 0 Å². The minimum atomic E-state index is 0.185. The molecule has 2 unspecified atom stereocenters. The van der Waals surface area contributed by atoms with Crippen molar-refractivity contribution in [3.05, 3.63) is 19.2 Å². The number of thiophene rings is 1. The lowest BCUT2D eigenvalue weighted by atomic mass is 9.92. The van der Waals surface area contributed by atoms with Gasteiger partial charge in [-0.2, -0.15) is 0 Å². The van der Waals surface area contributed by atoms with Gasteiger partial charge in [-0.25, -0.2) is 0 Å². The van der Waals surface area contributed by atoms with Crippen LogP contribution in [0.5, 0.6) is 0 Å². The molecule has 2 fully saturated rings. The molecule has 2 aliphatic rings. The van der Waals surface area contributed by atoms with Crippen molar-refractivity contribution in [2.75, 3.05) is 19.6 Å². The number of nitrogens with one attached hydrogen (secondary N) is 1. The number of hydrogen-bond donors (Lipinski definition) is 1. The Bertz CT molecular complexity index is 457. The summed E-state index contributed by atoms with van der Waals surface area (Å²) in [6.45, 7) is 2.91. The first kappa shape index (κ1) is 13.1. The quantitative estimate of drug-likeness (QED) is 0.794. The second-order valence-electron chi connectivity index (χ2n) is 4.86. The summed E-state index contributed by atoms with van der Waals surface area (Å²) in [5.74, 6) is 0.833. The summed E-state index contributed by atoms with van der Waals surface area (Å²) in [6, 6.07) is 2.31. The van der Waals surface area contributed by atoms with Crippen molar-refractivity contribution in [1.29, 1.82) is 0 Å². The lowest BCUT2D eigenvalue weighted by Crippen LogP contribution is -2.48. The minimum Gasteiger partial charge on any atom is -0.333 e. The van der Waals surface area contributed by atoms with Crippen LogP contribution in [0.4, 0.5) is 0 Å². The molecule has 0 saturated carbocycles. The number of amides is 1. The Kier molecular flexibility index (Phi) is 3.80. The molecule has 1 aromatic rings. The maximum atomic E-state index is 12.6. The maximum absolute atomic E-state index is 12.6. The highest BCUT2D eigenvalue weighted by atomic mass is 79.9. The molecule has 3 rings (SSSR count). The molecule has 2 saturated heterocycles. The van der Waals surface area contributed by atoms with Gasteiger partial charge in [0.25, 0.3) is 5.91 Å². The van der Waals surface area contributed by atoms with Crippen molar-refractivity contribution in [3.8, 4) is 0 Å². The van der Waals surface area contributed by atoms with Gasteiger partial charge in [-0.05, 0) is 56.7 Å². The van der Waals surface area contributed by atoms with Gasteiger partial charge in [0, 0.05) is 30.1 Å². The number of carbonyl (C=O) groups is 1. The second-order valence-corrected chi connectivity index (χ2v) is 8.08. The molecule has 6 heteroatoms. The molecule has 0 aromatic carbocycles. The van der Waals surface area contributed by atoms with E-state index in [2.05, 4.69) is 42.1 Å². The van der Waals surface area contributed by atoms with Crippen molar-refractivity contribution in [1.82, 2.24) is 10.2 Å². The largest absolute Gasteiger partial charge is 0.333 e. The highest BCUT2D eigenvalue weighted by Gasteiger charge is 2.38. The Labute approximate surface area is 127 Å². The van der Waals surface area contributed by atoms with E-state index in [4.69, 9.17) is 0 Å². The molecule has 3 heterocycles. The smallest absolute Gasteiger partial charge is 0.264 e. The number of halogens is 2. The van der Waals surface area contributed by atoms with Gasteiger partial charge in [0.2, 0.25) is 0 Å². The zero-order valence-corrected chi connectivity index (χ0v) is 13.8. The molecule has 18 heavy (non-hydrogen) atoms. The third kappa shape index (κ3) is 2.28. The highest BCUT2D eigenvalue weighted by molar-refractivity contribution is 9.13. The average molecular weight is 394 g/mol. The number of rotatable bonds is 1. The molecule has 3 nitrogen and oxygen atoms in total. The van der Waals surface area contributed by atoms with Gasteiger partial charge >= 0.3 is 0 Å². The summed E-state index contributed by atoms with van der Waals surface area (Å²) < 4.78 is 1.96. The standard InChI is InChI=1S/C12H14Br2N2OS/c13-8-4-10(18-11(8)14)12(17)16-3-1-2-7-5-15-6-9(7)16/h4,7,9,15H,1-3,5-6H2. The van der Waals surface area contributed by atoms with Gasteiger partial charge in [-0.15, -0.1) is 11.3 Å². The van der Waals surface area contributed by atoms with Crippen LogP contribution in [-0.4, -0.2) is 36.5 Å². The Balaban J connectivity index is 1.83. The van der Waals surface area contributed by atoms with E-state index < -0.39 is 0 Å². The highest BCUT2D eigenvalue weighted by Crippen LogP contribution is 2.35. The SMILES string of the molecule is O=C(c1cc(Br)c(Br)s1)N1CCCC2CNCC21. The van der Waals surface area contributed by atoms with Gasteiger partial charge in [0.05, 0.1) is 8.66 Å². The fraction of sp³-hybridized carbons (Fsp3) is 0.583. The zero-order valence-electron chi connectivity index (χ0n) is 9.79. The van der Waals surface area contributed by atoms with Crippen molar-refractivity contribution in [3.63, 3.8) is 0 Å². The van der Waals surface area contributed by atoms with Crippen molar-refractivity contribution in [2.45, 2.75) is 18.9 Å². The van der Waals surface area contributed by atoms with E-state index in [1.54, 1.807) is 0 Å². The van der Waals surface area contributed by atoms with Crippen molar-refractivity contribution in [2.24, 2.45) is 5.92 Å². The molecule has 98 valence electrons. The van der Waals surface area contributed by atoms with E-state index in [0.29, 0.717) is 12.0 Å². The van der Waals surface area contributed by atoms with Crippen LogP contribution in [-0.2, 0) is 0 Å². The number of nitrogens with zero attached hydrogens (tertiary/aromatic N) is 1. The van der Waals surface area contributed by atoms with Gasteiger partial charge in [0.15, 0.2) is 0 Å². The Morgan fingerprint density at radius 1 is 1.44 bits per heavy atom. The monoisotopic (exact) mass is 392 g/mol. The molecule has 1 N–H and O–H groups in total. The number of fused-ring (bicyclic) bond motifs is 1. The molecule has 1 aromatic heterocycles. The molecule has 0 spiro atoms. The third-order valence-corrected chi connectivity index (χ3v) is 7.04. The Morgan fingerprint density at radius 3 is 3.00 bits per heavy atom. The first-order valence-electron chi connectivity index (χ1n) is 6.13. The van der Waals surface area contributed by atoms with Crippen LogP contribution in [0.1, 0.15) is 22.5 Å². The second kappa shape index (κ2) is 5.23. The first-order valence-corrected chi connectivity index (χ1v) is 8.53. The average Bonchev–Trinajstić information content (AvgIpc) is 2.95. The van der Waals surface area contributed by atoms with Crippen LogP contribution in [0.15, 0.2) is 14.3 Å². The fourth-order valence-electron chi connectivity index (χ4n) is 2.91. The van der Waals surface area contributed by atoms with Gasteiger partial charge in [0.1, 0.15) is 0 Å². The molecular weight excluding hydrogens is 380 g/mol. The van der Waals surface area contributed by atoms with Crippen LogP contribution in [0, 0.1) is 5.92 Å². The summed E-state index contributed by atoms with van der Waals surface area (Å²) in [4.78, 5) is 15.5. The minimum absolute atomic E-state index is 0.185. The summed E-state index contributed by atoms with van der Waals surface area (Å²) >= 11 is 8.41. The summed E-state index contributed by atoms with van der Waals surface area (Å²) in [6.07, 6.45) is 2.38. The molecular formula is C12H14Br2N2OS. The van der Waals surface area contributed by atoms with Crippen molar-refractivity contribution >= 4 is 49.1 Å². The Morgan fingerprint density at radius 2 is 2.28 bits per heavy atom. The zero-order chi connectivity index (χ0) is 12.7. The number of hydrogen-bond acceptors (Lipinski definition) is 3. The predicted octanol–water partition coefficient (Wildman–Crippen LogP) is 3.10. The van der Waals surface area contributed by atoms with E-state index in [-0.39, 0.29) is 5.91 Å². The van der Waals surface area contributed by atoms with E-state index in [1.807, 2.05) is 6.07 Å². The number of likely N-dealkylation sites (tertiary alicyclic amines) is 1. The molecule has 0 aliphatic carbocycles. The molecule has 0 radical (unpaired) electrons. The van der Waals surface area contributed by atoms with Gasteiger partial charge < -0.3 is 10.2 Å². The molecule has 1 amide bonds. The Hall–Kier alpha value is 0.0900. The normalized spacial score (nSPS) is 27.3. The summed E-state index contributed by atoms with van der Waals surface area (Å²) in [7, 11) is 0. The van der Waals surface area contributed by atoms with E-state index in [0.717, 1.165) is 39.2 Å². The summed E-state index contributed by atoms with van der Waals surface area (Å²) in [5.41, 5.74) is 0. The van der Waals surface area contributed by atoms with Crippen LogP contribution in [0.25, 0.3) is 0 Å². The van der Waals surface area contributed by atoms with Crippen LogP contribution < -0.4 is 5.32 Å². The number of piperidine rings is 1. The predicted molar refractivity (Wildman–Crippen MR) is 80.1 cm³/mol. The maximum Gasteiger partial charge on any atom is 0.264 e. The van der Waals surface area contributed by atoms with E-state index >= 15 is 0 Å². The van der Waals surface area contributed by atoms with Gasteiger partial charge in [-0.3, -0.25) is 4.79 Å². The topological polar surface area (TPSA) is 32.3 Å². The molecule has 0 bridgehead atoms. The first-order chi connectivity index (χ1) is 8.66. The van der Waals surface area contributed by atoms with E-state index in [1.165, 1.54) is 17.8 Å². The summed E-state index contributed by atoms with van der Waals surface area (Å²) in [5, 5.41) is 3.41. The van der Waals surface area contributed by atoms with Crippen LogP contribution >= 0.6 is 43.2 Å². The number of carbonyl (C=O) groups excluding carboxylic acids is 1. The van der Waals surface area contributed by atoms with Gasteiger partial charge in [-0.1, -0.05) is 0 Å². The lowest BCUT2D eigenvalue weighted by Gasteiger charge is -2.36. The van der Waals surface area contributed by atoms with Crippen molar-refractivity contribution < 1.29 is 4.79 Å². The molecule has 2 atom stereocenters. The fourth-order valence-corrected chi connectivity index (χ4v) is 4.91. The molecule has 2 aliphatic heterocycles. The van der Waals surface area contributed by atoms with Crippen LogP contribution in [0.2, 0.25) is 0 Å². The van der Waals surface area contributed by atoms with E-state index in [9.17, 15) is 4.79 Å². The third-order valence-electron chi connectivity index (χ3n) is 3.80.